The lowest BCUT2D eigenvalue weighted by Gasteiger charge is -2.20. The summed E-state index contributed by atoms with van der Waals surface area (Å²) in [5.74, 6) is -1.22. The molecule has 100 valence electrons. The molecule has 0 radical (unpaired) electrons. The Morgan fingerprint density at radius 2 is 2.06 bits per heavy atom. The molecule has 1 amide bonds. The van der Waals surface area contributed by atoms with Crippen LogP contribution < -0.4 is 4.87 Å². The molecule has 0 unspecified atom stereocenters. The Morgan fingerprint density at radius 3 is 2.50 bits per heavy atom. The second-order valence-electron chi connectivity index (χ2n) is 3.90. The van der Waals surface area contributed by atoms with Gasteiger partial charge in [-0.05, 0) is 13.3 Å². The molecule has 0 aliphatic rings. The van der Waals surface area contributed by atoms with Crippen molar-refractivity contribution in [2.45, 2.75) is 26.7 Å². The van der Waals surface area contributed by atoms with Crippen molar-refractivity contribution >= 4 is 23.2 Å². The molecule has 0 spiro atoms. The van der Waals surface area contributed by atoms with E-state index in [2.05, 4.69) is 4.98 Å². The molecule has 1 aromatic rings. The number of carbonyl (C=O) groups is 2. The number of nitrogens with one attached hydrogen (secondary N) is 1. The first-order valence-corrected chi connectivity index (χ1v) is 6.48. The topological polar surface area (TPSA) is 90.5 Å². The van der Waals surface area contributed by atoms with Crippen molar-refractivity contribution in [3.05, 3.63) is 20.2 Å². The SMILES string of the molecule is CCCN(CCC(=O)O)C(=O)c1sc(=O)[nH]c1C. The van der Waals surface area contributed by atoms with Crippen LogP contribution >= 0.6 is 11.3 Å². The molecule has 1 heterocycles. The molecule has 0 saturated carbocycles. The summed E-state index contributed by atoms with van der Waals surface area (Å²) in [7, 11) is 0. The van der Waals surface area contributed by atoms with E-state index in [1.807, 2.05) is 6.92 Å². The maximum absolute atomic E-state index is 12.2. The number of aromatic nitrogens is 1. The normalized spacial score (nSPS) is 10.3. The van der Waals surface area contributed by atoms with Crippen LogP contribution in [0.2, 0.25) is 0 Å². The fourth-order valence-corrected chi connectivity index (χ4v) is 2.38. The first-order chi connectivity index (χ1) is 8.45. The lowest BCUT2D eigenvalue weighted by Crippen LogP contribution is -2.33. The van der Waals surface area contributed by atoms with Crippen LogP contribution in [0.1, 0.15) is 35.1 Å². The average Bonchev–Trinajstić information content (AvgIpc) is 2.62. The minimum absolute atomic E-state index is 0.0931. The predicted octanol–water partition coefficient (Wildman–Crippen LogP) is 1.07. The van der Waals surface area contributed by atoms with Gasteiger partial charge in [0.1, 0.15) is 4.88 Å². The molecule has 1 aromatic heterocycles. The largest absolute Gasteiger partial charge is 0.481 e. The van der Waals surface area contributed by atoms with Gasteiger partial charge in [-0.2, -0.15) is 0 Å². The van der Waals surface area contributed by atoms with Gasteiger partial charge in [0.2, 0.25) is 0 Å². The van der Waals surface area contributed by atoms with Gasteiger partial charge >= 0.3 is 10.8 Å². The fourth-order valence-electron chi connectivity index (χ4n) is 1.57. The van der Waals surface area contributed by atoms with Gasteiger partial charge in [0, 0.05) is 18.8 Å². The molecule has 0 aliphatic heterocycles. The Bertz CT molecular complexity index is 491. The number of aliphatic carboxylic acids is 1. The van der Waals surface area contributed by atoms with Gasteiger partial charge < -0.3 is 15.0 Å². The minimum atomic E-state index is -0.942. The number of H-pyrrole nitrogens is 1. The molecule has 1 rings (SSSR count). The smallest absolute Gasteiger partial charge is 0.305 e. The van der Waals surface area contributed by atoms with Crippen molar-refractivity contribution < 1.29 is 14.7 Å². The highest BCUT2D eigenvalue weighted by Crippen LogP contribution is 2.12. The zero-order valence-corrected chi connectivity index (χ0v) is 11.2. The van der Waals surface area contributed by atoms with E-state index in [0.717, 1.165) is 17.8 Å². The Balaban J connectivity index is 2.85. The second-order valence-corrected chi connectivity index (χ2v) is 4.89. The van der Waals surface area contributed by atoms with Crippen molar-refractivity contribution in [1.82, 2.24) is 9.88 Å². The molecule has 0 aliphatic carbocycles. The number of aromatic amines is 1. The Morgan fingerprint density at radius 1 is 1.39 bits per heavy atom. The van der Waals surface area contributed by atoms with Crippen LogP contribution in [-0.4, -0.2) is 40.0 Å². The highest BCUT2D eigenvalue weighted by Gasteiger charge is 2.20. The standard InChI is InChI=1S/C11H16N2O4S/c1-3-5-13(6-4-8(14)15)10(16)9-7(2)12-11(17)18-9/h3-6H2,1-2H3,(H,12,17)(H,14,15). The molecule has 0 atom stereocenters. The highest BCUT2D eigenvalue weighted by atomic mass is 32.1. The lowest BCUT2D eigenvalue weighted by molar-refractivity contribution is -0.137. The van der Waals surface area contributed by atoms with Gasteiger partial charge in [-0.25, -0.2) is 0 Å². The number of rotatable bonds is 6. The van der Waals surface area contributed by atoms with Crippen LogP contribution in [0.5, 0.6) is 0 Å². The molecule has 0 aromatic carbocycles. The zero-order chi connectivity index (χ0) is 13.7. The summed E-state index contributed by atoms with van der Waals surface area (Å²) in [6.07, 6.45) is 0.647. The molecule has 6 nitrogen and oxygen atoms in total. The molecular formula is C11H16N2O4S. The molecule has 0 saturated heterocycles. The molecule has 7 heteroatoms. The van der Waals surface area contributed by atoms with Crippen LogP contribution in [-0.2, 0) is 4.79 Å². The van der Waals surface area contributed by atoms with Crippen molar-refractivity contribution in [1.29, 1.82) is 0 Å². The van der Waals surface area contributed by atoms with Gasteiger partial charge in [0.05, 0.1) is 6.42 Å². The number of carboxylic acids is 1. The predicted molar refractivity (Wildman–Crippen MR) is 68.1 cm³/mol. The summed E-state index contributed by atoms with van der Waals surface area (Å²) >= 11 is 0.861. The van der Waals surface area contributed by atoms with Crippen LogP contribution in [0.25, 0.3) is 0 Å². The molecule has 2 N–H and O–H groups in total. The number of carbonyl (C=O) groups excluding carboxylic acids is 1. The van der Waals surface area contributed by atoms with E-state index in [1.165, 1.54) is 4.90 Å². The van der Waals surface area contributed by atoms with Gasteiger partial charge in [0.15, 0.2) is 0 Å². The van der Waals surface area contributed by atoms with E-state index < -0.39 is 5.97 Å². The number of hydrogen-bond acceptors (Lipinski definition) is 4. The van der Waals surface area contributed by atoms with Crippen LogP contribution in [0, 0.1) is 6.92 Å². The highest BCUT2D eigenvalue weighted by molar-refractivity contribution is 7.11. The zero-order valence-electron chi connectivity index (χ0n) is 10.4. The summed E-state index contributed by atoms with van der Waals surface area (Å²) in [6, 6.07) is 0. The van der Waals surface area contributed by atoms with E-state index in [0.29, 0.717) is 17.1 Å². The van der Waals surface area contributed by atoms with Gasteiger partial charge in [-0.15, -0.1) is 0 Å². The summed E-state index contributed by atoms with van der Waals surface area (Å²) in [5, 5.41) is 8.65. The molecule has 18 heavy (non-hydrogen) atoms. The van der Waals surface area contributed by atoms with E-state index in [-0.39, 0.29) is 23.7 Å². The average molecular weight is 272 g/mol. The van der Waals surface area contributed by atoms with Crippen molar-refractivity contribution in [2.24, 2.45) is 0 Å². The van der Waals surface area contributed by atoms with Crippen LogP contribution in [0.4, 0.5) is 0 Å². The van der Waals surface area contributed by atoms with Gasteiger partial charge in [0.25, 0.3) is 5.91 Å². The number of carboxylic acid groups (broad SMARTS) is 1. The monoisotopic (exact) mass is 272 g/mol. The maximum atomic E-state index is 12.2. The summed E-state index contributed by atoms with van der Waals surface area (Å²) in [6.45, 7) is 4.21. The molecule has 0 bridgehead atoms. The quantitative estimate of drug-likeness (QED) is 0.810. The minimum Gasteiger partial charge on any atom is -0.481 e. The maximum Gasteiger partial charge on any atom is 0.305 e. The third kappa shape index (κ3) is 3.69. The van der Waals surface area contributed by atoms with Gasteiger partial charge in [-0.1, -0.05) is 18.3 Å². The van der Waals surface area contributed by atoms with E-state index in [9.17, 15) is 14.4 Å². The fraction of sp³-hybridized carbons (Fsp3) is 0.545. The third-order valence-electron chi connectivity index (χ3n) is 2.40. The van der Waals surface area contributed by atoms with E-state index >= 15 is 0 Å². The Labute approximate surface area is 108 Å². The first-order valence-electron chi connectivity index (χ1n) is 5.66. The summed E-state index contributed by atoms with van der Waals surface area (Å²) in [4.78, 5) is 38.0. The second kappa shape index (κ2) is 6.34. The van der Waals surface area contributed by atoms with Crippen molar-refractivity contribution in [3.63, 3.8) is 0 Å². The summed E-state index contributed by atoms with van der Waals surface area (Å²) < 4.78 is 0. The Kier molecular flexibility index (Phi) is 5.08. The number of aryl methyl sites for hydroxylation is 1. The Hall–Kier alpha value is -1.63. The third-order valence-corrected chi connectivity index (χ3v) is 3.37. The van der Waals surface area contributed by atoms with Crippen molar-refractivity contribution in [2.75, 3.05) is 13.1 Å². The number of amides is 1. The van der Waals surface area contributed by atoms with Crippen LogP contribution in [0.15, 0.2) is 4.79 Å². The first kappa shape index (κ1) is 14.4. The van der Waals surface area contributed by atoms with E-state index in [4.69, 9.17) is 5.11 Å². The van der Waals surface area contributed by atoms with Gasteiger partial charge in [-0.3, -0.25) is 14.4 Å². The molecular weight excluding hydrogens is 256 g/mol. The molecule has 0 fully saturated rings. The summed E-state index contributed by atoms with van der Waals surface area (Å²) in [5.41, 5.74) is 0.534. The van der Waals surface area contributed by atoms with Crippen molar-refractivity contribution in [3.8, 4) is 0 Å². The lowest BCUT2D eigenvalue weighted by atomic mass is 10.3. The number of thiazole rings is 1. The van der Waals surface area contributed by atoms with Crippen LogP contribution in [0.3, 0.4) is 0 Å². The van der Waals surface area contributed by atoms with E-state index in [1.54, 1.807) is 6.92 Å². The number of hydrogen-bond donors (Lipinski definition) is 2. The number of nitrogens with zero attached hydrogens (tertiary/aromatic N) is 1.